The molecule has 75 valence electrons. The zero-order valence-electron chi connectivity index (χ0n) is 8.22. The molecule has 0 heterocycles. The Kier molecular flexibility index (Phi) is 2.99. The third-order valence-corrected chi connectivity index (χ3v) is 2.73. The van der Waals surface area contributed by atoms with Gasteiger partial charge in [-0.2, -0.15) is 0 Å². The average molecular weight is 236 g/mol. The summed E-state index contributed by atoms with van der Waals surface area (Å²) in [4.78, 5) is 0. The van der Waals surface area contributed by atoms with Crippen molar-refractivity contribution in [3.63, 3.8) is 0 Å². The second-order valence-corrected chi connectivity index (χ2v) is 4.25. The van der Waals surface area contributed by atoms with Crippen LogP contribution >= 0.6 is 23.2 Å². The summed E-state index contributed by atoms with van der Waals surface area (Å²) in [6.45, 7) is 2.04. The summed E-state index contributed by atoms with van der Waals surface area (Å²) in [5.74, 6) is 0. The summed E-state index contributed by atoms with van der Waals surface area (Å²) in [6, 6.07) is 14.6. The molecule has 0 aliphatic rings. The molecule has 0 spiro atoms. The van der Waals surface area contributed by atoms with Crippen molar-refractivity contribution in [1.29, 1.82) is 0 Å². The maximum Gasteiger partial charge on any atom is 0.0499 e. The van der Waals surface area contributed by atoms with Crippen molar-refractivity contribution in [2.24, 2.45) is 0 Å². The minimum atomic E-state index is 0.649. The summed E-state index contributed by atoms with van der Waals surface area (Å²) >= 11 is 12.0. The van der Waals surface area contributed by atoms with Gasteiger partial charge in [0.05, 0.1) is 0 Å². The molecule has 0 aliphatic carbocycles. The van der Waals surface area contributed by atoms with Gasteiger partial charge >= 0.3 is 0 Å². The molecule has 0 amide bonds. The second-order valence-electron chi connectivity index (χ2n) is 3.40. The smallest absolute Gasteiger partial charge is 0.0499 e. The first-order chi connectivity index (χ1) is 7.16. The molecule has 0 fully saturated rings. The first-order valence-electron chi connectivity index (χ1n) is 4.60. The van der Waals surface area contributed by atoms with Gasteiger partial charge in [0, 0.05) is 15.6 Å². The van der Waals surface area contributed by atoms with Crippen molar-refractivity contribution in [2.45, 2.75) is 6.92 Å². The van der Waals surface area contributed by atoms with Crippen LogP contribution in [0, 0.1) is 13.0 Å². The van der Waals surface area contributed by atoms with Crippen molar-refractivity contribution < 1.29 is 0 Å². The van der Waals surface area contributed by atoms with Gasteiger partial charge in [0.15, 0.2) is 0 Å². The second kappa shape index (κ2) is 4.26. The number of hydrogen-bond donors (Lipinski definition) is 0. The lowest BCUT2D eigenvalue weighted by atomic mass is 10.0. The molecule has 0 unspecified atom stereocenters. The molecule has 2 aromatic carbocycles. The Morgan fingerprint density at radius 3 is 2.53 bits per heavy atom. The molecule has 0 aromatic heterocycles. The Balaban J connectivity index is 2.54. The zero-order valence-corrected chi connectivity index (χ0v) is 9.73. The molecule has 0 bridgehead atoms. The Morgan fingerprint density at radius 2 is 1.87 bits per heavy atom. The summed E-state index contributed by atoms with van der Waals surface area (Å²) in [6.07, 6.45) is 0. The zero-order chi connectivity index (χ0) is 10.8. The van der Waals surface area contributed by atoms with Gasteiger partial charge < -0.3 is 0 Å². The van der Waals surface area contributed by atoms with Gasteiger partial charge in [0.2, 0.25) is 0 Å². The highest BCUT2D eigenvalue weighted by Crippen LogP contribution is 2.30. The van der Waals surface area contributed by atoms with Crippen LogP contribution in [0.2, 0.25) is 10.0 Å². The van der Waals surface area contributed by atoms with Crippen molar-refractivity contribution in [3.05, 3.63) is 58.1 Å². The van der Waals surface area contributed by atoms with E-state index in [1.165, 1.54) is 5.56 Å². The standard InChI is InChI=1S/C13H9Cl2/c1-9-3-2-4-10(7-9)12-6-5-11(14)8-13(12)15/h2-3,5-8H,1H3. The highest BCUT2D eigenvalue weighted by atomic mass is 35.5. The van der Waals surface area contributed by atoms with Crippen LogP contribution in [0.25, 0.3) is 11.1 Å². The molecule has 0 atom stereocenters. The quantitative estimate of drug-likeness (QED) is 0.669. The predicted octanol–water partition coefficient (Wildman–Crippen LogP) is 4.77. The van der Waals surface area contributed by atoms with Crippen LogP contribution in [0.4, 0.5) is 0 Å². The van der Waals surface area contributed by atoms with Gasteiger partial charge in [0.25, 0.3) is 0 Å². The fraction of sp³-hybridized carbons (Fsp3) is 0.0769. The van der Waals surface area contributed by atoms with E-state index in [-0.39, 0.29) is 0 Å². The molecule has 2 aromatic rings. The lowest BCUT2D eigenvalue weighted by molar-refractivity contribution is 1.46. The molecule has 2 heteroatoms. The first kappa shape index (κ1) is 10.5. The number of benzene rings is 2. The molecule has 0 saturated heterocycles. The Morgan fingerprint density at radius 1 is 1.07 bits per heavy atom. The Hall–Kier alpha value is -0.980. The van der Waals surface area contributed by atoms with E-state index in [9.17, 15) is 0 Å². The molecular weight excluding hydrogens is 227 g/mol. The van der Waals surface area contributed by atoms with Crippen molar-refractivity contribution >= 4 is 23.2 Å². The molecule has 2 rings (SSSR count). The average Bonchev–Trinajstić information content (AvgIpc) is 2.17. The summed E-state index contributed by atoms with van der Waals surface area (Å²) in [5.41, 5.74) is 3.15. The van der Waals surface area contributed by atoms with Gasteiger partial charge in [0.1, 0.15) is 0 Å². The van der Waals surface area contributed by atoms with Crippen molar-refractivity contribution in [3.8, 4) is 11.1 Å². The Labute approximate surface area is 99.5 Å². The van der Waals surface area contributed by atoms with Crippen LogP contribution in [-0.2, 0) is 0 Å². The van der Waals surface area contributed by atoms with Crippen LogP contribution in [0.3, 0.4) is 0 Å². The predicted molar refractivity (Wildman–Crippen MR) is 65.5 cm³/mol. The molecule has 15 heavy (non-hydrogen) atoms. The number of rotatable bonds is 1. The first-order valence-corrected chi connectivity index (χ1v) is 5.36. The maximum absolute atomic E-state index is 6.11. The van der Waals surface area contributed by atoms with E-state index in [1.54, 1.807) is 6.07 Å². The largest absolute Gasteiger partial charge is 0.0843 e. The molecule has 1 radical (unpaired) electrons. The minimum absolute atomic E-state index is 0.649. The fourth-order valence-corrected chi connectivity index (χ4v) is 1.95. The molecule has 0 nitrogen and oxygen atoms in total. The molecule has 0 aliphatic heterocycles. The number of halogens is 2. The topological polar surface area (TPSA) is 0 Å². The normalized spacial score (nSPS) is 10.3. The van der Waals surface area contributed by atoms with Gasteiger partial charge in [-0.1, -0.05) is 53.0 Å². The third kappa shape index (κ3) is 2.34. The van der Waals surface area contributed by atoms with Gasteiger partial charge in [-0.25, -0.2) is 0 Å². The van der Waals surface area contributed by atoms with E-state index in [2.05, 4.69) is 12.1 Å². The van der Waals surface area contributed by atoms with Gasteiger partial charge in [-0.3, -0.25) is 0 Å². The lowest BCUT2D eigenvalue weighted by Crippen LogP contribution is -1.81. The lowest BCUT2D eigenvalue weighted by Gasteiger charge is -2.05. The van der Waals surface area contributed by atoms with Crippen molar-refractivity contribution in [2.75, 3.05) is 0 Å². The SMILES string of the molecule is Cc1cc[c]c(-c2ccc(Cl)cc2Cl)c1. The van der Waals surface area contributed by atoms with Crippen LogP contribution in [-0.4, -0.2) is 0 Å². The Bertz CT molecular complexity index is 490. The third-order valence-electron chi connectivity index (χ3n) is 2.18. The van der Waals surface area contributed by atoms with E-state index >= 15 is 0 Å². The van der Waals surface area contributed by atoms with Gasteiger partial charge in [-0.15, -0.1) is 0 Å². The van der Waals surface area contributed by atoms with E-state index in [0.717, 1.165) is 11.1 Å². The van der Waals surface area contributed by atoms with Crippen molar-refractivity contribution in [1.82, 2.24) is 0 Å². The number of hydrogen-bond acceptors (Lipinski definition) is 0. The van der Waals surface area contributed by atoms with Crippen LogP contribution < -0.4 is 0 Å². The monoisotopic (exact) mass is 235 g/mol. The number of aryl methyl sites for hydroxylation is 1. The van der Waals surface area contributed by atoms with Crippen LogP contribution in [0.5, 0.6) is 0 Å². The fourth-order valence-electron chi connectivity index (χ4n) is 1.44. The molecule has 0 N–H and O–H groups in total. The van der Waals surface area contributed by atoms with Crippen LogP contribution in [0.15, 0.2) is 36.4 Å². The molecule has 0 saturated carbocycles. The minimum Gasteiger partial charge on any atom is -0.0843 e. The highest BCUT2D eigenvalue weighted by Gasteiger charge is 2.04. The van der Waals surface area contributed by atoms with E-state index in [0.29, 0.717) is 10.0 Å². The summed E-state index contributed by atoms with van der Waals surface area (Å²) < 4.78 is 0. The van der Waals surface area contributed by atoms with E-state index < -0.39 is 0 Å². The molecular formula is C13H9Cl2. The van der Waals surface area contributed by atoms with Crippen LogP contribution in [0.1, 0.15) is 5.56 Å². The van der Waals surface area contributed by atoms with E-state index in [4.69, 9.17) is 23.2 Å². The van der Waals surface area contributed by atoms with Gasteiger partial charge in [-0.05, 0) is 30.7 Å². The summed E-state index contributed by atoms with van der Waals surface area (Å²) in [5, 5.41) is 1.31. The maximum atomic E-state index is 6.11. The van der Waals surface area contributed by atoms with E-state index in [1.807, 2.05) is 31.2 Å². The highest BCUT2D eigenvalue weighted by molar-refractivity contribution is 6.36. The summed E-state index contributed by atoms with van der Waals surface area (Å²) in [7, 11) is 0.